The Bertz CT molecular complexity index is 283. The molecule has 0 saturated carbocycles. The van der Waals surface area contributed by atoms with Crippen LogP contribution in [0.5, 0.6) is 0 Å². The van der Waals surface area contributed by atoms with Crippen molar-refractivity contribution in [3.63, 3.8) is 0 Å². The van der Waals surface area contributed by atoms with Crippen LogP contribution in [-0.4, -0.2) is 11.8 Å². The lowest BCUT2D eigenvalue weighted by atomic mass is 10.1. The Morgan fingerprint density at radius 3 is 2.19 bits per heavy atom. The lowest BCUT2D eigenvalue weighted by Crippen LogP contribution is -2.31. The largest absolute Gasteiger partial charge is 0.305 e. The minimum absolute atomic E-state index is 0.0488. The lowest BCUT2D eigenvalue weighted by Gasteiger charge is -2.16. The zero-order chi connectivity index (χ0) is 12.4. The van der Waals surface area contributed by atoms with Gasteiger partial charge in [0, 0.05) is 18.2 Å². The molecule has 2 heteroatoms. The molecule has 0 radical (unpaired) electrons. The zero-order valence-electron chi connectivity index (χ0n) is 11.1. The molecule has 0 heterocycles. The van der Waals surface area contributed by atoms with Crippen LogP contribution in [0.2, 0.25) is 0 Å². The van der Waals surface area contributed by atoms with Crippen molar-refractivity contribution in [1.29, 1.82) is 0 Å². The smallest absolute Gasteiger partial charge is 0.0464 e. The van der Waals surface area contributed by atoms with Crippen molar-refractivity contribution in [2.45, 2.75) is 46.6 Å². The maximum absolute atomic E-state index is 4.16. The molecule has 0 aliphatic carbocycles. The summed E-state index contributed by atoms with van der Waals surface area (Å²) < 4.78 is 0. The highest BCUT2D eigenvalue weighted by Crippen LogP contribution is 1.99. The minimum atomic E-state index is 0.0488. The number of rotatable bonds is 3. The first-order valence-electron chi connectivity index (χ1n) is 5.90. The third-order valence-electron chi connectivity index (χ3n) is 1.66. The molecule has 1 aromatic rings. The molecule has 2 nitrogen and oxygen atoms in total. The standard InChI is InChI=1S/C12H18N2.C2H6/c1-12(2,3)14-13-10-9-11-7-5-4-6-8-11;1-2/h4-8,10,14H,9H2,1-3H3;1-2H3/b13-10-;. The van der Waals surface area contributed by atoms with Crippen LogP contribution in [0.15, 0.2) is 35.4 Å². The van der Waals surface area contributed by atoms with E-state index in [2.05, 4.69) is 43.4 Å². The van der Waals surface area contributed by atoms with Gasteiger partial charge >= 0.3 is 0 Å². The van der Waals surface area contributed by atoms with Crippen LogP contribution in [-0.2, 0) is 6.42 Å². The Kier molecular flexibility index (Phi) is 7.27. The average molecular weight is 220 g/mol. The fourth-order valence-corrected chi connectivity index (χ4v) is 1.00. The molecule has 0 saturated heterocycles. The number of hydrazone groups is 1. The van der Waals surface area contributed by atoms with Gasteiger partial charge in [0.25, 0.3) is 0 Å². The van der Waals surface area contributed by atoms with Crippen LogP contribution in [0, 0.1) is 0 Å². The third-order valence-corrected chi connectivity index (χ3v) is 1.66. The lowest BCUT2D eigenvalue weighted by molar-refractivity contribution is 0.442. The first-order chi connectivity index (χ1) is 7.58. The van der Waals surface area contributed by atoms with Gasteiger partial charge in [0.05, 0.1) is 0 Å². The second-order valence-corrected chi connectivity index (χ2v) is 4.36. The number of hydrogen-bond acceptors (Lipinski definition) is 2. The third kappa shape index (κ3) is 8.04. The molecule has 0 fully saturated rings. The SMILES string of the molecule is CC.CC(C)(C)N/N=C\Cc1ccccc1. The van der Waals surface area contributed by atoms with Crippen molar-refractivity contribution in [3.8, 4) is 0 Å². The normalized spacial score (nSPS) is 10.8. The van der Waals surface area contributed by atoms with Gasteiger partial charge in [0.2, 0.25) is 0 Å². The highest BCUT2D eigenvalue weighted by atomic mass is 15.3. The number of benzene rings is 1. The van der Waals surface area contributed by atoms with Gasteiger partial charge in [-0.3, -0.25) is 0 Å². The Hall–Kier alpha value is -1.31. The van der Waals surface area contributed by atoms with Crippen LogP contribution in [0.1, 0.15) is 40.2 Å². The summed E-state index contributed by atoms with van der Waals surface area (Å²) in [7, 11) is 0. The first-order valence-corrected chi connectivity index (χ1v) is 5.90. The minimum Gasteiger partial charge on any atom is -0.305 e. The van der Waals surface area contributed by atoms with Crippen molar-refractivity contribution in [2.24, 2.45) is 5.10 Å². The zero-order valence-corrected chi connectivity index (χ0v) is 11.1. The predicted octanol–water partition coefficient (Wildman–Crippen LogP) is 3.63. The molecule has 0 aliphatic heterocycles. The maximum Gasteiger partial charge on any atom is 0.0464 e. The summed E-state index contributed by atoms with van der Waals surface area (Å²) in [5, 5.41) is 4.16. The Morgan fingerprint density at radius 1 is 1.12 bits per heavy atom. The second-order valence-electron chi connectivity index (χ2n) is 4.36. The van der Waals surface area contributed by atoms with Crippen LogP contribution < -0.4 is 5.43 Å². The summed E-state index contributed by atoms with van der Waals surface area (Å²) in [5.74, 6) is 0. The molecule has 0 atom stereocenters. The highest BCUT2D eigenvalue weighted by Gasteiger charge is 2.05. The van der Waals surface area contributed by atoms with E-state index >= 15 is 0 Å². The Balaban J connectivity index is 0.00000106. The summed E-state index contributed by atoms with van der Waals surface area (Å²) in [6.45, 7) is 10.3. The van der Waals surface area contributed by atoms with Gasteiger partial charge in [0.15, 0.2) is 0 Å². The average Bonchev–Trinajstić information content (AvgIpc) is 2.28. The molecule has 0 amide bonds. The van der Waals surface area contributed by atoms with E-state index < -0.39 is 0 Å². The molecule has 1 N–H and O–H groups in total. The topological polar surface area (TPSA) is 24.4 Å². The highest BCUT2D eigenvalue weighted by molar-refractivity contribution is 5.61. The molecule has 0 spiro atoms. The molecule has 0 bridgehead atoms. The van der Waals surface area contributed by atoms with Crippen molar-refractivity contribution >= 4 is 6.21 Å². The Morgan fingerprint density at radius 2 is 1.69 bits per heavy atom. The van der Waals surface area contributed by atoms with Gasteiger partial charge in [-0.15, -0.1) is 0 Å². The van der Waals surface area contributed by atoms with Gasteiger partial charge in [-0.2, -0.15) is 5.10 Å². The molecule has 90 valence electrons. The van der Waals surface area contributed by atoms with E-state index in [0.29, 0.717) is 0 Å². The molecule has 0 aliphatic rings. The number of nitrogens with one attached hydrogen (secondary N) is 1. The van der Waals surface area contributed by atoms with E-state index in [0.717, 1.165) is 6.42 Å². The molecular formula is C14H24N2. The van der Waals surface area contributed by atoms with E-state index in [9.17, 15) is 0 Å². The summed E-state index contributed by atoms with van der Waals surface area (Å²) in [6.07, 6.45) is 2.78. The van der Waals surface area contributed by atoms with Crippen molar-refractivity contribution in [2.75, 3.05) is 0 Å². The van der Waals surface area contributed by atoms with Gasteiger partial charge < -0.3 is 5.43 Å². The summed E-state index contributed by atoms with van der Waals surface area (Å²) in [4.78, 5) is 0. The van der Waals surface area contributed by atoms with Crippen LogP contribution >= 0.6 is 0 Å². The van der Waals surface area contributed by atoms with Crippen LogP contribution in [0.3, 0.4) is 0 Å². The van der Waals surface area contributed by atoms with Crippen molar-refractivity contribution in [1.82, 2.24) is 5.43 Å². The van der Waals surface area contributed by atoms with E-state index in [1.165, 1.54) is 5.56 Å². The van der Waals surface area contributed by atoms with E-state index in [4.69, 9.17) is 0 Å². The number of nitrogens with zero attached hydrogens (tertiary/aromatic N) is 1. The van der Waals surface area contributed by atoms with E-state index in [1.54, 1.807) is 0 Å². The predicted molar refractivity (Wildman–Crippen MR) is 72.9 cm³/mol. The number of hydrogen-bond donors (Lipinski definition) is 1. The second kappa shape index (κ2) is 7.91. The molecule has 16 heavy (non-hydrogen) atoms. The summed E-state index contributed by atoms with van der Waals surface area (Å²) in [6, 6.07) is 10.3. The summed E-state index contributed by atoms with van der Waals surface area (Å²) in [5.41, 5.74) is 4.39. The first kappa shape index (κ1) is 14.7. The van der Waals surface area contributed by atoms with E-state index in [-0.39, 0.29) is 5.54 Å². The molecule has 1 aromatic carbocycles. The van der Waals surface area contributed by atoms with Gasteiger partial charge in [0.1, 0.15) is 0 Å². The van der Waals surface area contributed by atoms with Crippen molar-refractivity contribution in [3.05, 3.63) is 35.9 Å². The fourth-order valence-electron chi connectivity index (χ4n) is 1.00. The molecule has 0 unspecified atom stereocenters. The van der Waals surface area contributed by atoms with Crippen LogP contribution in [0.4, 0.5) is 0 Å². The van der Waals surface area contributed by atoms with Gasteiger partial charge in [-0.25, -0.2) is 0 Å². The van der Waals surface area contributed by atoms with Crippen LogP contribution in [0.25, 0.3) is 0 Å². The van der Waals surface area contributed by atoms with E-state index in [1.807, 2.05) is 38.3 Å². The summed E-state index contributed by atoms with van der Waals surface area (Å²) >= 11 is 0. The van der Waals surface area contributed by atoms with Gasteiger partial charge in [-0.1, -0.05) is 44.2 Å². The molecular weight excluding hydrogens is 196 g/mol. The monoisotopic (exact) mass is 220 g/mol. The quantitative estimate of drug-likeness (QED) is 0.610. The molecule has 1 rings (SSSR count). The maximum atomic E-state index is 4.16. The van der Waals surface area contributed by atoms with Gasteiger partial charge in [-0.05, 0) is 26.3 Å². The molecule has 0 aromatic heterocycles. The Labute approximate surface area is 99.8 Å². The van der Waals surface area contributed by atoms with Crippen molar-refractivity contribution < 1.29 is 0 Å². The fraction of sp³-hybridized carbons (Fsp3) is 0.500.